The average Bonchev–Trinajstić information content (AvgIpc) is 2.64. The number of ether oxygens (including phenoxy) is 2. The van der Waals surface area contributed by atoms with Crippen LogP contribution in [-0.2, 0) is 0 Å². The maximum atomic E-state index is 14.3. The minimum atomic E-state index is -0.334. The van der Waals surface area contributed by atoms with E-state index in [9.17, 15) is 4.39 Å². The molecule has 0 bridgehead atoms. The molecular weight excluding hydrogens is 405 g/mol. The van der Waals surface area contributed by atoms with Crippen LogP contribution >= 0.6 is 15.9 Å². The summed E-state index contributed by atoms with van der Waals surface area (Å²) in [5.41, 5.74) is 2.21. The molecule has 2 aliphatic heterocycles. The van der Waals surface area contributed by atoms with Crippen LogP contribution in [0.25, 0.3) is 0 Å². The van der Waals surface area contributed by atoms with Gasteiger partial charge in [0.05, 0.1) is 16.8 Å². The molecule has 2 aliphatic rings. The van der Waals surface area contributed by atoms with Gasteiger partial charge in [-0.2, -0.15) is 0 Å². The molecule has 2 aromatic rings. The summed E-state index contributed by atoms with van der Waals surface area (Å²) in [6.45, 7) is 0.978. The number of halogens is 2. The fourth-order valence-electron chi connectivity index (χ4n) is 3.11. The third kappa shape index (κ3) is 3.32. The van der Waals surface area contributed by atoms with Gasteiger partial charge in [0.1, 0.15) is 18.9 Å². The van der Waals surface area contributed by atoms with Crippen LogP contribution in [0.15, 0.2) is 34.8 Å². The van der Waals surface area contributed by atoms with Crippen LogP contribution in [0, 0.1) is 5.82 Å². The molecule has 4 rings (SSSR count). The number of hydrogen-bond donors (Lipinski definition) is 4. The van der Waals surface area contributed by atoms with Crippen molar-refractivity contribution in [1.29, 1.82) is 0 Å². The third-order valence-corrected chi connectivity index (χ3v) is 5.05. The van der Waals surface area contributed by atoms with Crippen LogP contribution in [0.2, 0.25) is 0 Å². The number of anilines is 2. The van der Waals surface area contributed by atoms with Crippen molar-refractivity contribution < 1.29 is 19.0 Å². The second-order valence-corrected chi connectivity index (χ2v) is 7.04. The van der Waals surface area contributed by atoms with Crippen molar-refractivity contribution >= 4 is 27.3 Å². The van der Waals surface area contributed by atoms with Crippen molar-refractivity contribution in [3.63, 3.8) is 0 Å². The first-order valence-electron chi connectivity index (χ1n) is 8.42. The summed E-state index contributed by atoms with van der Waals surface area (Å²) in [5, 5.41) is 18.8. The predicted octanol–water partition coefficient (Wildman–Crippen LogP) is 3.19. The Kier molecular flexibility index (Phi) is 4.88. The van der Waals surface area contributed by atoms with Gasteiger partial charge in [-0.1, -0.05) is 6.07 Å². The maximum absolute atomic E-state index is 14.3. The minimum absolute atomic E-state index is 0.0562. The van der Waals surface area contributed by atoms with Crippen LogP contribution in [0.1, 0.15) is 18.2 Å². The molecular formula is C18H19BrFN3O3. The van der Waals surface area contributed by atoms with Crippen molar-refractivity contribution in [2.24, 2.45) is 0 Å². The van der Waals surface area contributed by atoms with Crippen LogP contribution in [-0.4, -0.2) is 31.1 Å². The molecule has 0 fully saturated rings. The summed E-state index contributed by atoms with van der Waals surface area (Å²) in [7, 11) is 0. The van der Waals surface area contributed by atoms with Crippen LogP contribution in [0.3, 0.4) is 0 Å². The highest BCUT2D eigenvalue weighted by Gasteiger charge is 2.27. The number of aliphatic hydroxyl groups excluding tert-OH is 1. The lowest BCUT2D eigenvalue weighted by Crippen LogP contribution is -2.37. The summed E-state index contributed by atoms with van der Waals surface area (Å²) >= 11 is 3.21. The van der Waals surface area contributed by atoms with Crippen LogP contribution in [0.4, 0.5) is 15.8 Å². The summed E-state index contributed by atoms with van der Waals surface area (Å²) in [6.07, 6.45) is 0.0914. The van der Waals surface area contributed by atoms with Crippen molar-refractivity contribution in [3.05, 3.63) is 46.2 Å². The topological polar surface area (TPSA) is 74.8 Å². The van der Waals surface area contributed by atoms with E-state index in [1.165, 1.54) is 0 Å². The normalized spacial score (nSPS) is 20.9. The fourth-order valence-corrected chi connectivity index (χ4v) is 3.48. The Balaban J connectivity index is 1.61. The zero-order chi connectivity index (χ0) is 18.1. The molecule has 0 amide bonds. The van der Waals surface area contributed by atoms with Gasteiger partial charge in [-0.25, -0.2) is 4.39 Å². The van der Waals surface area contributed by atoms with E-state index in [1.54, 1.807) is 18.2 Å². The van der Waals surface area contributed by atoms with Gasteiger partial charge in [0.25, 0.3) is 0 Å². The summed E-state index contributed by atoms with van der Waals surface area (Å²) in [5.74, 6) is 0.957. The van der Waals surface area contributed by atoms with Gasteiger partial charge in [0.2, 0.25) is 0 Å². The Morgan fingerprint density at radius 1 is 1.31 bits per heavy atom. The molecule has 0 radical (unpaired) electrons. The van der Waals surface area contributed by atoms with E-state index in [0.29, 0.717) is 41.4 Å². The second-order valence-electron chi connectivity index (χ2n) is 6.19. The Bertz CT molecular complexity index is 821. The number of benzene rings is 2. The molecule has 4 N–H and O–H groups in total. The van der Waals surface area contributed by atoms with E-state index in [-0.39, 0.29) is 24.7 Å². The zero-order valence-corrected chi connectivity index (χ0v) is 15.5. The monoisotopic (exact) mass is 423 g/mol. The highest BCUT2D eigenvalue weighted by Crippen LogP contribution is 2.41. The molecule has 0 spiro atoms. The molecule has 0 aliphatic carbocycles. The van der Waals surface area contributed by atoms with E-state index in [4.69, 9.17) is 14.6 Å². The lowest BCUT2D eigenvalue weighted by molar-refractivity contribution is 0.0703. The first kappa shape index (κ1) is 17.4. The standard InChI is InChI=1S/C18H19BrFN3O3/c19-12-2-1-3-13(17(12)20)23-18-11-6-15-16(7-14(11)21-9-22-18)26-10(4-5-24)8-25-15/h1-3,6-7,10,18,21-24H,4-5,8-9H2. The molecule has 0 saturated heterocycles. The van der Waals surface area contributed by atoms with Crippen molar-refractivity contribution in [3.8, 4) is 11.5 Å². The number of aliphatic hydroxyl groups is 1. The molecule has 2 heterocycles. The zero-order valence-electron chi connectivity index (χ0n) is 13.9. The number of fused-ring (bicyclic) bond motifs is 2. The Hall–Kier alpha value is -2.03. The number of rotatable bonds is 4. The largest absolute Gasteiger partial charge is 0.486 e. The summed E-state index contributed by atoms with van der Waals surface area (Å²) < 4.78 is 26.4. The van der Waals surface area contributed by atoms with Crippen molar-refractivity contribution in [2.75, 3.05) is 30.5 Å². The van der Waals surface area contributed by atoms with E-state index < -0.39 is 0 Å². The van der Waals surface area contributed by atoms with Gasteiger partial charge in [-0.3, -0.25) is 5.32 Å². The van der Waals surface area contributed by atoms with E-state index >= 15 is 0 Å². The molecule has 6 nitrogen and oxygen atoms in total. The highest BCUT2D eigenvalue weighted by atomic mass is 79.9. The smallest absolute Gasteiger partial charge is 0.163 e. The Labute approximate surface area is 158 Å². The van der Waals surface area contributed by atoms with Gasteiger partial charge in [0.15, 0.2) is 17.3 Å². The van der Waals surface area contributed by atoms with Crippen LogP contribution < -0.4 is 25.4 Å². The van der Waals surface area contributed by atoms with Crippen LogP contribution in [0.5, 0.6) is 11.5 Å². The number of nitrogens with one attached hydrogen (secondary N) is 3. The van der Waals surface area contributed by atoms with E-state index in [2.05, 4.69) is 31.9 Å². The molecule has 0 saturated carbocycles. The van der Waals surface area contributed by atoms with Gasteiger partial charge in [0, 0.05) is 30.3 Å². The summed E-state index contributed by atoms with van der Waals surface area (Å²) in [4.78, 5) is 0. The highest BCUT2D eigenvalue weighted by molar-refractivity contribution is 9.10. The third-order valence-electron chi connectivity index (χ3n) is 4.43. The Morgan fingerprint density at radius 3 is 3.04 bits per heavy atom. The van der Waals surface area contributed by atoms with Gasteiger partial charge >= 0.3 is 0 Å². The van der Waals surface area contributed by atoms with E-state index in [1.807, 2.05) is 12.1 Å². The van der Waals surface area contributed by atoms with E-state index in [0.717, 1.165) is 11.3 Å². The average molecular weight is 424 g/mol. The van der Waals surface area contributed by atoms with Gasteiger partial charge in [-0.05, 0) is 34.1 Å². The lowest BCUT2D eigenvalue weighted by Gasteiger charge is -2.33. The molecule has 26 heavy (non-hydrogen) atoms. The first-order chi connectivity index (χ1) is 12.7. The minimum Gasteiger partial charge on any atom is -0.486 e. The van der Waals surface area contributed by atoms with Crippen molar-refractivity contribution in [1.82, 2.24) is 5.32 Å². The first-order valence-corrected chi connectivity index (χ1v) is 9.21. The van der Waals surface area contributed by atoms with Gasteiger partial charge in [-0.15, -0.1) is 0 Å². The molecule has 2 unspecified atom stereocenters. The number of hydrogen-bond acceptors (Lipinski definition) is 6. The fraction of sp³-hybridized carbons (Fsp3) is 0.333. The predicted molar refractivity (Wildman–Crippen MR) is 100 cm³/mol. The summed E-state index contributed by atoms with van der Waals surface area (Å²) in [6, 6.07) is 8.92. The molecule has 2 atom stereocenters. The molecule has 138 valence electrons. The Morgan fingerprint density at radius 2 is 2.19 bits per heavy atom. The molecule has 0 aromatic heterocycles. The maximum Gasteiger partial charge on any atom is 0.163 e. The van der Waals surface area contributed by atoms with Gasteiger partial charge < -0.3 is 25.2 Å². The molecule has 8 heteroatoms. The lowest BCUT2D eigenvalue weighted by atomic mass is 10.1. The molecule has 2 aromatic carbocycles. The quantitative estimate of drug-likeness (QED) is 0.604. The second kappa shape index (κ2) is 7.30. The SMILES string of the molecule is OCCC1COc2cc3c(cc2O1)NCNC3Nc1cccc(Br)c1F. The van der Waals surface area contributed by atoms with Crippen molar-refractivity contribution in [2.45, 2.75) is 18.7 Å².